The summed E-state index contributed by atoms with van der Waals surface area (Å²) in [6.07, 6.45) is 0.794. The van der Waals surface area contributed by atoms with Crippen LogP contribution in [0, 0.1) is 11.8 Å². The molecule has 0 spiro atoms. The number of hydrogen-bond donors (Lipinski definition) is 2. The highest BCUT2D eigenvalue weighted by Crippen LogP contribution is 2.26. The molecule has 2 unspecified atom stereocenters. The van der Waals surface area contributed by atoms with Crippen molar-refractivity contribution in [2.75, 3.05) is 19.6 Å². The SMILES string of the molecule is CC1CCN(C(=O)C2CNC2)C1C(=O)O. The Kier molecular flexibility index (Phi) is 2.65. The van der Waals surface area contributed by atoms with Gasteiger partial charge in [-0.2, -0.15) is 0 Å². The minimum atomic E-state index is -0.874. The van der Waals surface area contributed by atoms with Gasteiger partial charge in [-0.15, -0.1) is 0 Å². The molecule has 1 amide bonds. The molecule has 2 aliphatic heterocycles. The highest BCUT2D eigenvalue weighted by Gasteiger charge is 2.42. The number of carboxylic acid groups (broad SMARTS) is 1. The standard InChI is InChI=1S/C10H16N2O3/c1-6-2-3-12(8(6)10(14)15)9(13)7-4-11-5-7/h6-8,11H,2-5H2,1H3,(H,14,15). The summed E-state index contributed by atoms with van der Waals surface area (Å²) in [5, 5.41) is 12.1. The Morgan fingerprint density at radius 3 is 2.53 bits per heavy atom. The molecule has 0 aromatic rings. The van der Waals surface area contributed by atoms with Crippen molar-refractivity contribution in [2.24, 2.45) is 11.8 Å². The molecule has 2 heterocycles. The average Bonchev–Trinajstić information content (AvgIpc) is 2.43. The van der Waals surface area contributed by atoms with E-state index in [1.807, 2.05) is 6.92 Å². The van der Waals surface area contributed by atoms with Gasteiger partial charge in [-0.3, -0.25) is 4.79 Å². The van der Waals surface area contributed by atoms with E-state index in [9.17, 15) is 9.59 Å². The van der Waals surface area contributed by atoms with Crippen LogP contribution < -0.4 is 5.32 Å². The van der Waals surface area contributed by atoms with Crippen LogP contribution in [-0.4, -0.2) is 47.6 Å². The van der Waals surface area contributed by atoms with Crippen LogP contribution in [0.3, 0.4) is 0 Å². The number of carbonyl (C=O) groups excluding carboxylic acids is 1. The van der Waals surface area contributed by atoms with E-state index in [0.29, 0.717) is 19.6 Å². The fraction of sp³-hybridized carbons (Fsp3) is 0.800. The summed E-state index contributed by atoms with van der Waals surface area (Å²) in [6, 6.07) is -0.613. The molecule has 0 aliphatic carbocycles. The Morgan fingerprint density at radius 2 is 2.07 bits per heavy atom. The van der Waals surface area contributed by atoms with E-state index in [4.69, 9.17) is 5.11 Å². The highest BCUT2D eigenvalue weighted by atomic mass is 16.4. The number of carbonyl (C=O) groups is 2. The van der Waals surface area contributed by atoms with Crippen molar-refractivity contribution < 1.29 is 14.7 Å². The maximum atomic E-state index is 11.9. The first kappa shape index (κ1) is 10.4. The summed E-state index contributed by atoms with van der Waals surface area (Å²) in [4.78, 5) is 24.5. The van der Waals surface area contributed by atoms with Gasteiger partial charge in [-0.25, -0.2) is 4.79 Å². The van der Waals surface area contributed by atoms with Crippen molar-refractivity contribution in [2.45, 2.75) is 19.4 Å². The van der Waals surface area contributed by atoms with E-state index in [1.54, 1.807) is 4.90 Å². The maximum Gasteiger partial charge on any atom is 0.326 e. The quantitative estimate of drug-likeness (QED) is 0.649. The molecule has 84 valence electrons. The van der Waals surface area contributed by atoms with Crippen molar-refractivity contribution in [1.29, 1.82) is 0 Å². The van der Waals surface area contributed by atoms with Gasteiger partial charge in [-0.1, -0.05) is 6.92 Å². The zero-order valence-electron chi connectivity index (χ0n) is 8.77. The fourth-order valence-corrected chi connectivity index (χ4v) is 2.27. The largest absolute Gasteiger partial charge is 0.480 e. The smallest absolute Gasteiger partial charge is 0.326 e. The lowest BCUT2D eigenvalue weighted by Gasteiger charge is -2.32. The second-order valence-corrected chi connectivity index (χ2v) is 4.44. The van der Waals surface area contributed by atoms with Crippen LogP contribution in [0.4, 0.5) is 0 Å². The summed E-state index contributed by atoms with van der Waals surface area (Å²) >= 11 is 0. The Balaban J connectivity index is 2.07. The number of amides is 1. The van der Waals surface area contributed by atoms with E-state index in [1.165, 1.54) is 0 Å². The van der Waals surface area contributed by atoms with Gasteiger partial charge < -0.3 is 15.3 Å². The van der Waals surface area contributed by atoms with Crippen molar-refractivity contribution in [1.82, 2.24) is 10.2 Å². The Morgan fingerprint density at radius 1 is 1.40 bits per heavy atom. The second-order valence-electron chi connectivity index (χ2n) is 4.44. The van der Waals surface area contributed by atoms with Crippen molar-refractivity contribution in [3.63, 3.8) is 0 Å². The van der Waals surface area contributed by atoms with Gasteiger partial charge in [0.25, 0.3) is 0 Å². The third kappa shape index (κ3) is 1.71. The van der Waals surface area contributed by atoms with E-state index in [2.05, 4.69) is 5.32 Å². The summed E-state index contributed by atoms with van der Waals surface area (Å²) in [5.41, 5.74) is 0. The lowest BCUT2D eigenvalue weighted by atomic mass is 9.99. The van der Waals surface area contributed by atoms with Gasteiger partial charge in [-0.05, 0) is 12.3 Å². The molecule has 2 saturated heterocycles. The van der Waals surface area contributed by atoms with Crippen LogP contribution in [0.25, 0.3) is 0 Å². The van der Waals surface area contributed by atoms with E-state index >= 15 is 0 Å². The molecule has 2 atom stereocenters. The monoisotopic (exact) mass is 212 g/mol. The number of likely N-dealkylation sites (tertiary alicyclic amines) is 1. The van der Waals surface area contributed by atoms with Crippen LogP contribution in [0.15, 0.2) is 0 Å². The molecule has 15 heavy (non-hydrogen) atoms. The molecule has 0 aromatic heterocycles. The topological polar surface area (TPSA) is 69.6 Å². The summed E-state index contributed by atoms with van der Waals surface area (Å²) in [7, 11) is 0. The zero-order valence-corrected chi connectivity index (χ0v) is 8.77. The molecular formula is C10H16N2O3. The van der Waals surface area contributed by atoms with Crippen LogP contribution >= 0.6 is 0 Å². The van der Waals surface area contributed by atoms with Gasteiger partial charge in [0.1, 0.15) is 6.04 Å². The third-order valence-electron chi connectivity index (χ3n) is 3.37. The van der Waals surface area contributed by atoms with Crippen molar-refractivity contribution >= 4 is 11.9 Å². The van der Waals surface area contributed by atoms with Gasteiger partial charge in [0, 0.05) is 19.6 Å². The number of rotatable bonds is 2. The molecular weight excluding hydrogens is 196 g/mol. The predicted molar refractivity (Wildman–Crippen MR) is 53.3 cm³/mol. The van der Waals surface area contributed by atoms with Crippen LogP contribution in [0.1, 0.15) is 13.3 Å². The fourth-order valence-electron chi connectivity index (χ4n) is 2.27. The molecule has 2 rings (SSSR count). The first-order chi connectivity index (χ1) is 7.11. The van der Waals surface area contributed by atoms with E-state index in [-0.39, 0.29) is 17.7 Å². The normalized spacial score (nSPS) is 31.4. The summed E-state index contributed by atoms with van der Waals surface area (Å²) in [6.45, 7) is 3.87. The Labute approximate surface area is 88.4 Å². The van der Waals surface area contributed by atoms with Gasteiger partial charge >= 0.3 is 5.97 Å². The molecule has 0 bridgehead atoms. The molecule has 5 nitrogen and oxygen atoms in total. The van der Waals surface area contributed by atoms with Crippen LogP contribution in [0.5, 0.6) is 0 Å². The average molecular weight is 212 g/mol. The molecule has 0 saturated carbocycles. The van der Waals surface area contributed by atoms with Gasteiger partial charge in [0.15, 0.2) is 0 Å². The van der Waals surface area contributed by atoms with Gasteiger partial charge in [0.05, 0.1) is 5.92 Å². The first-order valence-corrected chi connectivity index (χ1v) is 5.35. The third-order valence-corrected chi connectivity index (χ3v) is 3.37. The lowest BCUT2D eigenvalue weighted by Crippen LogP contribution is -2.54. The van der Waals surface area contributed by atoms with Crippen LogP contribution in [0.2, 0.25) is 0 Å². The number of nitrogens with one attached hydrogen (secondary N) is 1. The first-order valence-electron chi connectivity index (χ1n) is 5.35. The number of nitrogens with zero attached hydrogens (tertiary/aromatic N) is 1. The number of hydrogen-bond acceptors (Lipinski definition) is 3. The lowest BCUT2D eigenvalue weighted by molar-refractivity contribution is -0.151. The molecule has 5 heteroatoms. The van der Waals surface area contributed by atoms with Crippen LogP contribution in [-0.2, 0) is 9.59 Å². The second kappa shape index (κ2) is 3.81. The molecule has 0 radical (unpaired) electrons. The predicted octanol–water partition coefficient (Wildman–Crippen LogP) is -0.473. The van der Waals surface area contributed by atoms with E-state index in [0.717, 1.165) is 6.42 Å². The highest BCUT2D eigenvalue weighted by molar-refractivity contribution is 5.86. The van der Waals surface area contributed by atoms with Crippen molar-refractivity contribution in [3.05, 3.63) is 0 Å². The van der Waals surface area contributed by atoms with Gasteiger partial charge in [0.2, 0.25) is 5.91 Å². The van der Waals surface area contributed by atoms with E-state index < -0.39 is 12.0 Å². The molecule has 0 aromatic carbocycles. The Bertz CT molecular complexity index is 288. The molecule has 2 N–H and O–H groups in total. The minimum Gasteiger partial charge on any atom is -0.480 e. The number of aliphatic carboxylic acids is 1. The summed E-state index contributed by atoms with van der Waals surface area (Å²) < 4.78 is 0. The minimum absolute atomic E-state index is 0.00264. The Hall–Kier alpha value is -1.10. The number of carboxylic acids is 1. The molecule has 2 fully saturated rings. The molecule has 2 aliphatic rings. The maximum absolute atomic E-state index is 11.9. The zero-order chi connectivity index (χ0) is 11.0. The van der Waals surface area contributed by atoms with Crippen molar-refractivity contribution in [3.8, 4) is 0 Å². The summed E-state index contributed by atoms with van der Waals surface area (Å²) in [5.74, 6) is -0.803.